The highest BCUT2D eigenvalue weighted by molar-refractivity contribution is 6.09. The highest BCUT2D eigenvalue weighted by atomic mass is 16.3. The molecule has 2 atom stereocenters. The van der Waals surface area contributed by atoms with E-state index in [-0.39, 0.29) is 24.2 Å². The van der Waals surface area contributed by atoms with Crippen LogP contribution < -0.4 is 15.5 Å². The van der Waals surface area contributed by atoms with Crippen molar-refractivity contribution in [1.29, 1.82) is 0 Å². The van der Waals surface area contributed by atoms with Gasteiger partial charge in [0, 0.05) is 29.3 Å². The van der Waals surface area contributed by atoms with Gasteiger partial charge in [0.2, 0.25) is 0 Å². The third-order valence-corrected chi connectivity index (χ3v) is 6.49. The van der Waals surface area contributed by atoms with E-state index in [9.17, 15) is 9.59 Å². The fourth-order valence-corrected chi connectivity index (χ4v) is 4.96. The van der Waals surface area contributed by atoms with E-state index in [1.165, 1.54) is 0 Å². The fourth-order valence-electron chi connectivity index (χ4n) is 4.96. The molecule has 2 amide bonds. The minimum absolute atomic E-state index is 0.0492. The number of Topliss-reactive ketones (excluding diaryl/α,β-unsaturated/α-hetero) is 1. The molecule has 2 aliphatic rings. The molecule has 0 saturated heterocycles. The van der Waals surface area contributed by atoms with Crippen LogP contribution in [0.5, 0.6) is 0 Å². The molecule has 0 spiro atoms. The standard InChI is InChI=1S/C28H23N3O4/c32-23-17-18(24-12-6-14-34-24)16-21-26(23)27(25-13-7-15-35-25)31(22-11-5-4-10-20(22)30-21)28(33)29-19-8-2-1-3-9-19/h1-15,18,27,30H,16-17H2,(H,29,33)/t18-,27-/m0/s1. The van der Waals surface area contributed by atoms with Gasteiger partial charge in [-0.2, -0.15) is 0 Å². The molecular weight excluding hydrogens is 442 g/mol. The zero-order valence-corrected chi connectivity index (χ0v) is 18.8. The predicted molar refractivity (Wildman–Crippen MR) is 132 cm³/mol. The molecule has 0 bridgehead atoms. The number of ketones is 1. The molecule has 7 heteroatoms. The van der Waals surface area contributed by atoms with Gasteiger partial charge in [0.1, 0.15) is 17.6 Å². The van der Waals surface area contributed by atoms with Crippen molar-refractivity contribution in [3.8, 4) is 0 Å². The second-order valence-electron chi connectivity index (χ2n) is 8.66. The summed E-state index contributed by atoms with van der Waals surface area (Å²) in [6.45, 7) is 0. The van der Waals surface area contributed by atoms with Gasteiger partial charge in [-0.05, 0) is 55.0 Å². The summed E-state index contributed by atoms with van der Waals surface area (Å²) in [6.07, 6.45) is 4.05. The number of allylic oxidation sites excluding steroid dienone is 1. The third-order valence-electron chi connectivity index (χ3n) is 6.49. The number of fused-ring (bicyclic) bond motifs is 1. The topological polar surface area (TPSA) is 87.7 Å². The van der Waals surface area contributed by atoms with Crippen LogP contribution in [0, 0.1) is 0 Å². The molecule has 1 aliphatic heterocycles. The first-order valence-corrected chi connectivity index (χ1v) is 11.5. The number of hydrogen-bond donors (Lipinski definition) is 2. The van der Waals surface area contributed by atoms with Crippen LogP contribution in [0.4, 0.5) is 21.9 Å². The van der Waals surface area contributed by atoms with Crippen LogP contribution in [-0.2, 0) is 4.79 Å². The van der Waals surface area contributed by atoms with Crippen LogP contribution in [0.1, 0.15) is 36.3 Å². The van der Waals surface area contributed by atoms with Gasteiger partial charge in [-0.3, -0.25) is 9.69 Å². The first-order chi connectivity index (χ1) is 17.2. The van der Waals surface area contributed by atoms with E-state index >= 15 is 0 Å². The summed E-state index contributed by atoms with van der Waals surface area (Å²) in [7, 11) is 0. The number of nitrogens with one attached hydrogen (secondary N) is 2. The second-order valence-corrected chi connectivity index (χ2v) is 8.66. The number of carbonyl (C=O) groups excluding carboxylic acids is 2. The SMILES string of the molecule is O=C1C[C@@H](c2ccco2)CC2=C1[C@H](c1ccco1)N(C(=O)Nc1ccccc1)c1ccccc1N2. The van der Waals surface area contributed by atoms with Gasteiger partial charge >= 0.3 is 6.03 Å². The lowest BCUT2D eigenvalue weighted by atomic mass is 9.81. The largest absolute Gasteiger partial charge is 0.469 e. The molecule has 2 N–H and O–H groups in total. The molecular formula is C28H23N3O4. The fraction of sp³-hybridized carbons (Fsp3) is 0.143. The van der Waals surface area contributed by atoms with Gasteiger partial charge in [-0.25, -0.2) is 4.79 Å². The number of furan rings is 2. The van der Waals surface area contributed by atoms with E-state index in [1.807, 2.05) is 66.7 Å². The van der Waals surface area contributed by atoms with Crippen molar-refractivity contribution in [1.82, 2.24) is 0 Å². The average Bonchev–Trinajstić information content (AvgIpc) is 3.57. The van der Waals surface area contributed by atoms with E-state index in [2.05, 4.69) is 10.6 Å². The molecule has 6 rings (SSSR count). The lowest BCUT2D eigenvalue weighted by molar-refractivity contribution is -0.116. The Morgan fingerprint density at radius 1 is 0.857 bits per heavy atom. The molecule has 7 nitrogen and oxygen atoms in total. The number of hydrogen-bond acceptors (Lipinski definition) is 5. The van der Waals surface area contributed by atoms with Crippen LogP contribution in [-0.4, -0.2) is 11.8 Å². The molecule has 2 aromatic carbocycles. The highest BCUT2D eigenvalue weighted by Gasteiger charge is 2.43. The summed E-state index contributed by atoms with van der Waals surface area (Å²) in [5.41, 5.74) is 3.35. The van der Waals surface area contributed by atoms with Crippen molar-refractivity contribution >= 4 is 28.9 Å². The number of benzene rings is 2. The van der Waals surface area contributed by atoms with Crippen LogP contribution in [0.3, 0.4) is 0 Å². The Hall–Kier alpha value is -4.52. The molecule has 2 aromatic heterocycles. The minimum Gasteiger partial charge on any atom is -0.469 e. The lowest BCUT2D eigenvalue weighted by Gasteiger charge is -2.33. The zero-order valence-electron chi connectivity index (χ0n) is 18.8. The second kappa shape index (κ2) is 8.68. The minimum atomic E-state index is -0.732. The Kier molecular flexibility index (Phi) is 5.22. The highest BCUT2D eigenvalue weighted by Crippen LogP contribution is 2.47. The molecule has 4 aromatic rings. The average molecular weight is 466 g/mol. The van der Waals surface area contributed by atoms with Crippen molar-refractivity contribution in [2.45, 2.75) is 24.8 Å². The van der Waals surface area contributed by atoms with E-state index < -0.39 is 6.04 Å². The molecule has 3 heterocycles. The number of rotatable bonds is 3. The maximum Gasteiger partial charge on any atom is 0.327 e. The van der Waals surface area contributed by atoms with Gasteiger partial charge < -0.3 is 19.5 Å². The Morgan fingerprint density at radius 3 is 2.31 bits per heavy atom. The van der Waals surface area contributed by atoms with Gasteiger partial charge in [-0.1, -0.05) is 30.3 Å². The first-order valence-electron chi connectivity index (χ1n) is 11.5. The molecule has 174 valence electrons. The first kappa shape index (κ1) is 21.0. The molecule has 1 aliphatic carbocycles. The van der Waals surface area contributed by atoms with Crippen LogP contribution in [0.25, 0.3) is 0 Å². The normalized spacial score (nSPS) is 19.4. The number of anilines is 3. The molecule has 35 heavy (non-hydrogen) atoms. The summed E-state index contributed by atoms with van der Waals surface area (Å²) in [5, 5.41) is 6.46. The maximum absolute atomic E-state index is 13.8. The smallest absolute Gasteiger partial charge is 0.327 e. The number of urea groups is 1. The third kappa shape index (κ3) is 3.81. The summed E-state index contributed by atoms with van der Waals surface area (Å²) in [5.74, 6) is 1.16. The van der Waals surface area contributed by atoms with Gasteiger partial charge in [0.15, 0.2) is 5.78 Å². The Bertz CT molecular complexity index is 1390. The predicted octanol–water partition coefficient (Wildman–Crippen LogP) is 6.48. The quantitative estimate of drug-likeness (QED) is 0.362. The zero-order chi connectivity index (χ0) is 23.8. The molecule has 0 saturated carbocycles. The Morgan fingerprint density at radius 2 is 1.57 bits per heavy atom. The van der Waals surface area contributed by atoms with Crippen molar-refractivity contribution in [3.63, 3.8) is 0 Å². The Labute approximate surface area is 202 Å². The van der Waals surface area contributed by atoms with E-state index in [4.69, 9.17) is 8.83 Å². The van der Waals surface area contributed by atoms with Gasteiger partial charge in [0.25, 0.3) is 0 Å². The van der Waals surface area contributed by atoms with Crippen molar-refractivity contribution in [2.24, 2.45) is 0 Å². The van der Waals surface area contributed by atoms with E-state index in [0.717, 1.165) is 17.1 Å². The van der Waals surface area contributed by atoms with E-state index in [1.54, 1.807) is 29.6 Å². The van der Waals surface area contributed by atoms with Crippen LogP contribution >= 0.6 is 0 Å². The van der Waals surface area contributed by atoms with Crippen LogP contribution in [0.15, 0.2) is 111 Å². The molecule has 0 fully saturated rings. The number of amides is 2. The van der Waals surface area contributed by atoms with Crippen LogP contribution in [0.2, 0.25) is 0 Å². The number of carbonyl (C=O) groups is 2. The molecule has 0 radical (unpaired) electrons. The lowest BCUT2D eigenvalue weighted by Crippen LogP contribution is -2.40. The van der Waals surface area contributed by atoms with Crippen molar-refractivity contribution in [2.75, 3.05) is 15.5 Å². The van der Waals surface area contributed by atoms with Gasteiger partial charge in [0.05, 0.1) is 23.9 Å². The van der Waals surface area contributed by atoms with Gasteiger partial charge in [-0.15, -0.1) is 0 Å². The summed E-state index contributed by atoms with van der Waals surface area (Å²) >= 11 is 0. The summed E-state index contributed by atoms with van der Waals surface area (Å²) in [6, 6.07) is 23.0. The van der Waals surface area contributed by atoms with Crippen molar-refractivity contribution in [3.05, 3.63) is 114 Å². The number of para-hydroxylation sites is 3. The summed E-state index contributed by atoms with van der Waals surface area (Å²) < 4.78 is 11.4. The number of nitrogens with zero attached hydrogens (tertiary/aromatic N) is 1. The monoisotopic (exact) mass is 465 g/mol. The van der Waals surface area contributed by atoms with E-state index in [0.29, 0.717) is 29.1 Å². The maximum atomic E-state index is 13.8. The Balaban J connectivity index is 1.50. The summed E-state index contributed by atoms with van der Waals surface area (Å²) in [4.78, 5) is 29.2. The van der Waals surface area contributed by atoms with Crippen molar-refractivity contribution < 1.29 is 18.4 Å². The molecule has 0 unspecified atom stereocenters.